The number of rotatable bonds is 4. The van der Waals surface area contributed by atoms with Crippen molar-refractivity contribution in [2.45, 2.75) is 17.6 Å². The number of carbonyl (C=O) groups excluding carboxylic acids is 2. The third-order valence-electron chi connectivity index (χ3n) is 3.50. The zero-order valence-electron chi connectivity index (χ0n) is 12.1. The summed E-state index contributed by atoms with van der Waals surface area (Å²) in [6, 6.07) is 7.66. The van der Waals surface area contributed by atoms with Crippen LogP contribution in [0.1, 0.15) is 22.8 Å². The minimum Gasteiger partial charge on any atom is -0.366 e. The Labute approximate surface area is 135 Å². The molecule has 0 saturated heterocycles. The van der Waals surface area contributed by atoms with Crippen molar-refractivity contribution in [3.05, 3.63) is 52.4 Å². The minimum atomic E-state index is -0.608. The van der Waals surface area contributed by atoms with E-state index in [4.69, 9.17) is 5.73 Å². The van der Waals surface area contributed by atoms with Gasteiger partial charge in [-0.05, 0) is 12.1 Å². The van der Waals surface area contributed by atoms with E-state index in [1.807, 2.05) is 0 Å². The largest absolute Gasteiger partial charge is 0.366 e. The van der Waals surface area contributed by atoms with E-state index < -0.39 is 5.91 Å². The van der Waals surface area contributed by atoms with Crippen molar-refractivity contribution in [1.29, 1.82) is 0 Å². The number of hydrogen-bond acceptors (Lipinski definition) is 5. The summed E-state index contributed by atoms with van der Waals surface area (Å²) in [5.41, 5.74) is 5.74. The number of hydrogen-bond donors (Lipinski definition) is 2. The molecule has 118 valence electrons. The van der Waals surface area contributed by atoms with Crippen LogP contribution in [0.2, 0.25) is 0 Å². The van der Waals surface area contributed by atoms with Gasteiger partial charge < -0.3 is 11.1 Å². The Kier molecular flexibility index (Phi) is 4.16. The van der Waals surface area contributed by atoms with Gasteiger partial charge in [-0.15, -0.1) is 0 Å². The van der Waals surface area contributed by atoms with Crippen molar-refractivity contribution in [2.24, 2.45) is 5.73 Å². The van der Waals surface area contributed by atoms with Gasteiger partial charge in [0.25, 0.3) is 11.5 Å². The molecule has 0 saturated carbocycles. The fourth-order valence-electron chi connectivity index (χ4n) is 2.46. The number of anilines is 1. The Balaban J connectivity index is 1.75. The van der Waals surface area contributed by atoms with Crippen LogP contribution in [0.25, 0.3) is 0 Å². The lowest BCUT2D eigenvalue weighted by Gasteiger charge is -2.14. The van der Waals surface area contributed by atoms with Gasteiger partial charge in [0.15, 0.2) is 5.16 Å². The highest BCUT2D eigenvalue weighted by molar-refractivity contribution is 7.99. The van der Waals surface area contributed by atoms with Crippen LogP contribution in [0.5, 0.6) is 0 Å². The lowest BCUT2D eigenvalue weighted by Crippen LogP contribution is -2.27. The second kappa shape index (κ2) is 6.25. The molecule has 2 amide bonds. The topological polar surface area (TPSA) is 107 Å². The van der Waals surface area contributed by atoms with Crippen molar-refractivity contribution in [2.75, 3.05) is 11.1 Å². The fourth-order valence-corrected chi connectivity index (χ4v) is 3.58. The summed E-state index contributed by atoms with van der Waals surface area (Å²) in [4.78, 5) is 39.7. The molecule has 0 spiro atoms. The number of carbonyl (C=O) groups is 2. The number of thioether (sulfide) groups is 1. The molecular formula is C15H14N4O3S. The molecule has 8 heteroatoms. The first kappa shape index (κ1) is 15.3. The van der Waals surface area contributed by atoms with Crippen LogP contribution in [0.15, 0.2) is 46.5 Å². The van der Waals surface area contributed by atoms with Crippen molar-refractivity contribution in [1.82, 2.24) is 9.55 Å². The Morgan fingerprint density at radius 2 is 2.13 bits per heavy atom. The van der Waals surface area contributed by atoms with Gasteiger partial charge in [0.05, 0.1) is 17.3 Å². The van der Waals surface area contributed by atoms with Gasteiger partial charge in [-0.1, -0.05) is 23.9 Å². The molecule has 0 aliphatic carbocycles. The zero-order valence-corrected chi connectivity index (χ0v) is 12.9. The second-order valence-electron chi connectivity index (χ2n) is 5.06. The smallest absolute Gasteiger partial charge is 0.254 e. The van der Waals surface area contributed by atoms with Crippen molar-refractivity contribution in [3.63, 3.8) is 0 Å². The quantitative estimate of drug-likeness (QED) is 0.814. The van der Waals surface area contributed by atoms with Gasteiger partial charge in [0.2, 0.25) is 5.91 Å². The number of primary amides is 1. The molecule has 1 aromatic carbocycles. The number of amides is 2. The Morgan fingerprint density at radius 1 is 1.35 bits per heavy atom. The van der Waals surface area contributed by atoms with Crippen LogP contribution in [0.3, 0.4) is 0 Å². The molecule has 2 aromatic rings. The maximum atomic E-state index is 12.3. The molecule has 7 nitrogen and oxygen atoms in total. The molecule has 23 heavy (non-hydrogen) atoms. The number of nitrogens with one attached hydrogen (secondary N) is 1. The van der Waals surface area contributed by atoms with Crippen LogP contribution in [0.4, 0.5) is 5.69 Å². The molecule has 1 aliphatic heterocycles. The van der Waals surface area contributed by atoms with E-state index >= 15 is 0 Å². The summed E-state index contributed by atoms with van der Waals surface area (Å²) in [5, 5.41) is 3.30. The van der Waals surface area contributed by atoms with Crippen molar-refractivity contribution < 1.29 is 9.59 Å². The highest BCUT2D eigenvalue weighted by atomic mass is 32.2. The third kappa shape index (κ3) is 3.11. The molecule has 0 fully saturated rings. The molecule has 1 atom stereocenters. The van der Waals surface area contributed by atoms with E-state index in [1.54, 1.807) is 24.3 Å². The van der Waals surface area contributed by atoms with E-state index in [2.05, 4.69) is 10.3 Å². The summed E-state index contributed by atoms with van der Waals surface area (Å²) >= 11 is 1.44. The van der Waals surface area contributed by atoms with E-state index in [1.165, 1.54) is 28.6 Å². The summed E-state index contributed by atoms with van der Waals surface area (Å²) in [6.45, 7) is 0. The number of fused-ring (bicyclic) bond motifs is 1. The predicted molar refractivity (Wildman–Crippen MR) is 86.5 cm³/mol. The van der Waals surface area contributed by atoms with Gasteiger partial charge in [-0.25, -0.2) is 4.98 Å². The number of nitrogens with two attached hydrogens (primary N) is 1. The number of benzene rings is 1. The molecule has 2 heterocycles. The van der Waals surface area contributed by atoms with E-state index in [0.29, 0.717) is 16.6 Å². The lowest BCUT2D eigenvalue weighted by molar-refractivity contribution is -0.116. The first-order chi connectivity index (χ1) is 11.1. The molecule has 1 aliphatic rings. The highest BCUT2D eigenvalue weighted by Gasteiger charge is 2.27. The van der Waals surface area contributed by atoms with Gasteiger partial charge in [0.1, 0.15) is 0 Å². The van der Waals surface area contributed by atoms with Crippen LogP contribution < -0.4 is 16.6 Å². The second-order valence-corrected chi connectivity index (χ2v) is 6.05. The van der Waals surface area contributed by atoms with Gasteiger partial charge in [0, 0.05) is 24.4 Å². The van der Waals surface area contributed by atoms with Crippen LogP contribution in [-0.4, -0.2) is 27.1 Å². The minimum absolute atomic E-state index is 0.124. The van der Waals surface area contributed by atoms with E-state index in [-0.39, 0.29) is 29.5 Å². The van der Waals surface area contributed by atoms with Crippen LogP contribution >= 0.6 is 11.8 Å². The van der Waals surface area contributed by atoms with Crippen molar-refractivity contribution in [3.8, 4) is 0 Å². The standard InChI is InChI=1S/C15H14N4O3S/c16-14(22)10-3-1-2-4-11(10)18-12(20)7-9-8-23-15-17-6-5-13(21)19(9)15/h1-6,9H,7-8H2,(H2,16,22)(H,18,20)/t9-/m0/s1. The first-order valence-electron chi connectivity index (χ1n) is 6.95. The molecule has 3 N–H and O–H groups in total. The summed E-state index contributed by atoms with van der Waals surface area (Å²) in [5.74, 6) is -0.284. The number of nitrogens with zero attached hydrogens (tertiary/aromatic N) is 2. The fraction of sp³-hybridized carbons (Fsp3) is 0.200. The average Bonchev–Trinajstić information content (AvgIpc) is 2.92. The molecule has 0 bridgehead atoms. The highest BCUT2D eigenvalue weighted by Crippen LogP contribution is 2.31. The predicted octanol–water partition coefficient (Wildman–Crippen LogP) is 1.02. The molecule has 0 radical (unpaired) electrons. The monoisotopic (exact) mass is 330 g/mol. The summed E-state index contributed by atoms with van der Waals surface area (Å²) < 4.78 is 1.53. The summed E-state index contributed by atoms with van der Waals surface area (Å²) in [7, 11) is 0. The van der Waals surface area contributed by atoms with Gasteiger partial charge in [-0.2, -0.15) is 0 Å². The molecule has 3 rings (SSSR count). The lowest BCUT2D eigenvalue weighted by atomic mass is 10.1. The Morgan fingerprint density at radius 3 is 2.91 bits per heavy atom. The third-order valence-corrected chi connectivity index (χ3v) is 4.61. The van der Waals surface area contributed by atoms with E-state index in [0.717, 1.165) is 0 Å². The first-order valence-corrected chi connectivity index (χ1v) is 7.94. The average molecular weight is 330 g/mol. The maximum Gasteiger partial charge on any atom is 0.254 e. The van der Waals surface area contributed by atoms with Crippen molar-refractivity contribution >= 4 is 29.3 Å². The zero-order chi connectivity index (χ0) is 16.4. The van der Waals surface area contributed by atoms with E-state index in [9.17, 15) is 14.4 Å². The molecular weight excluding hydrogens is 316 g/mol. The summed E-state index contributed by atoms with van der Waals surface area (Å²) in [6.07, 6.45) is 1.59. The molecule has 1 aromatic heterocycles. The number of para-hydroxylation sites is 1. The van der Waals surface area contributed by atoms with Crippen LogP contribution in [0, 0.1) is 0 Å². The van der Waals surface area contributed by atoms with Gasteiger partial charge in [-0.3, -0.25) is 19.0 Å². The van der Waals surface area contributed by atoms with Gasteiger partial charge >= 0.3 is 0 Å². The molecule has 0 unspecified atom stereocenters. The normalized spacial score (nSPS) is 15.9. The maximum absolute atomic E-state index is 12.3. The van der Waals surface area contributed by atoms with Crippen LogP contribution in [-0.2, 0) is 4.79 Å². The SMILES string of the molecule is NC(=O)c1ccccc1NC(=O)C[C@H]1CSc2nccc(=O)n21. The Hall–Kier alpha value is -2.61. The number of aromatic nitrogens is 2. The Bertz CT molecular complexity index is 833.